The fourth-order valence-corrected chi connectivity index (χ4v) is 2.22. The number of H-pyrrole nitrogens is 2. The van der Waals surface area contributed by atoms with E-state index in [2.05, 4.69) is 9.97 Å². The van der Waals surface area contributed by atoms with Crippen molar-refractivity contribution in [2.75, 3.05) is 0 Å². The van der Waals surface area contributed by atoms with Crippen LogP contribution < -0.4 is 11.1 Å². The molecule has 1 aromatic carbocycles. The molecule has 0 amide bonds. The monoisotopic (exact) mass is 293 g/mol. The summed E-state index contributed by atoms with van der Waals surface area (Å²) in [5.74, 6) is -2.29. The van der Waals surface area contributed by atoms with Crippen LogP contribution in [0.5, 0.6) is 0 Å². The minimum Gasteiger partial charge on any atom is -0.481 e. The molecule has 110 valence electrons. The molecule has 0 saturated heterocycles. The van der Waals surface area contributed by atoms with Crippen LogP contribution in [0.15, 0.2) is 15.7 Å². The number of nitro groups is 1. The molecule has 0 saturated carbocycles. The molecule has 9 heteroatoms. The van der Waals surface area contributed by atoms with Crippen LogP contribution in [0.2, 0.25) is 0 Å². The maximum atomic E-state index is 11.4. The molecule has 0 aliphatic carbocycles. The van der Waals surface area contributed by atoms with E-state index in [1.54, 1.807) is 0 Å². The predicted molar refractivity (Wildman–Crippen MR) is 72.6 cm³/mol. The Balaban J connectivity index is 3.03. The van der Waals surface area contributed by atoms with Gasteiger partial charge in [-0.1, -0.05) is 0 Å². The van der Waals surface area contributed by atoms with Crippen LogP contribution >= 0.6 is 0 Å². The number of rotatable bonds is 3. The van der Waals surface area contributed by atoms with Gasteiger partial charge >= 0.3 is 17.1 Å². The highest BCUT2D eigenvalue weighted by Crippen LogP contribution is 2.32. The molecule has 1 atom stereocenters. The number of hydrogen-bond donors (Lipinski definition) is 3. The van der Waals surface area contributed by atoms with Gasteiger partial charge in [-0.2, -0.15) is 0 Å². The first-order chi connectivity index (χ1) is 9.73. The minimum atomic E-state index is -1.20. The Labute approximate surface area is 116 Å². The lowest BCUT2D eigenvalue weighted by Gasteiger charge is -2.13. The van der Waals surface area contributed by atoms with Crippen molar-refractivity contribution in [2.24, 2.45) is 0 Å². The maximum Gasteiger partial charge on any atom is 0.314 e. The Kier molecular flexibility index (Phi) is 3.34. The summed E-state index contributed by atoms with van der Waals surface area (Å²) in [6.45, 7) is 2.74. The van der Waals surface area contributed by atoms with E-state index in [1.807, 2.05) is 0 Å². The zero-order chi connectivity index (χ0) is 15.9. The first-order valence-electron chi connectivity index (χ1n) is 5.91. The third kappa shape index (κ3) is 2.29. The Morgan fingerprint density at radius 2 is 1.90 bits per heavy atom. The minimum absolute atomic E-state index is 0.0139. The fraction of sp³-hybridized carbons (Fsp3) is 0.250. The number of carboxylic acid groups (broad SMARTS) is 1. The Morgan fingerprint density at radius 1 is 1.33 bits per heavy atom. The number of aliphatic carboxylic acids is 1. The van der Waals surface area contributed by atoms with Gasteiger partial charge < -0.3 is 15.1 Å². The summed E-state index contributed by atoms with van der Waals surface area (Å²) < 4.78 is 0. The number of nitro benzene ring substituents is 1. The number of aromatic amines is 2. The Hall–Kier alpha value is -2.97. The van der Waals surface area contributed by atoms with E-state index in [0.717, 1.165) is 6.07 Å². The molecular formula is C12H11N3O6. The molecular weight excluding hydrogens is 282 g/mol. The van der Waals surface area contributed by atoms with Crippen molar-refractivity contribution in [2.45, 2.75) is 19.8 Å². The van der Waals surface area contributed by atoms with Crippen LogP contribution in [0.4, 0.5) is 5.69 Å². The van der Waals surface area contributed by atoms with E-state index in [-0.39, 0.29) is 27.8 Å². The van der Waals surface area contributed by atoms with E-state index < -0.39 is 27.9 Å². The molecule has 0 spiro atoms. The molecule has 2 rings (SSSR count). The normalized spacial score (nSPS) is 12.3. The van der Waals surface area contributed by atoms with Crippen molar-refractivity contribution in [1.82, 2.24) is 9.97 Å². The summed E-state index contributed by atoms with van der Waals surface area (Å²) in [6, 6.07) is 1.10. The third-order valence-electron chi connectivity index (χ3n) is 3.30. The summed E-state index contributed by atoms with van der Waals surface area (Å²) in [7, 11) is 0. The molecule has 0 radical (unpaired) electrons. The van der Waals surface area contributed by atoms with E-state index in [0.29, 0.717) is 0 Å². The highest BCUT2D eigenvalue weighted by Gasteiger charge is 2.26. The molecule has 0 fully saturated rings. The highest BCUT2D eigenvalue weighted by atomic mass is 16.6. The molecule has 0 aliphatic rings. The average molecular weight is 293 g/mol. The summed E-state index contributed by atoms with van der Waals surface area (Å²) >= 11 is 0. The van der Waals surface area contributed by atoms with Crippen LogP contribution in [-0.2, 0) is 4.79 Å². The van der Waals surface area contributed by atoms with Gasteiger partial charge in [0, 0.05) is 17.2 Å². The van der Waals surface area contributed by atoms with Gasteiger partial charge in [0.2, 0.25) is 0 Å². The lowest BCUT2D eigenvalue weighted by molar-refractivity contribution is -0.385. The van der Waals surface area contributed by atoms with Gasteiger partial charge in [0.25, 0.3) is 5.69 Å². The SMILES string of the molecule is Cc1c([N+](=O)[O-])cc2[nH]c(=O)c(=O)[nH]c2c1C(C)C(=O)O. The van der Waals surface area contributed by atoms with Crippen LogP contribution in [0.3, 0.4) is 0 Å². The molecule has 2 aromatic rings. The number of benzene rings is 1. The van der Waals surface area contributed by atoms with Gasteiger partial charge in [0.15, 0.2) is 0 Å². The van der Waals surface area contributed by atoms with Crippen molar-refractivity contribution in [1.29, 1.82) is 0 Å². The van der Waals surface area contributed by atoms with E-state index >= 15 is 0 Å². The first kappa shape index (κ1) is 14.4. The Bertz CT molecular complexity index is 879. The maximum absolute atomic E-state index is 11.4. The molecule has 9 nitrogen and oxygen atoms in total. The number of carboxylic acids is 1. The smallest absolute Gasteiger partial charge is 0.314 e. The number of nitrogens with one attached hydrogen (secondary N) is 2. The lowest BCUT2D eigenvalue weighted by atomic mass is 9.93. The van der Waals surface area contributed by atoms with Gasteiger partial charge in [-0.05, 0) is 13.8 Å². The second kappa shape index (κ2) is 4.85. The topological polar surface area (TPSA) is 146 Å². The van der Waals surface area contributed by atoms with Crippen molar-refractivity contribution >= 4 is 22.7 Å². The van der Waals surface area contributed by atoms with E-state index in [9.17, 15) is 24.5 Å². The molecule has 0 aliphatic heterocycles. The van der Waals surface area contributed by atoms with Crippen LogP contribution in [0, 0.1) is 17.0 Å². The molecule has 3 N–H and O–H groups in total. The zero-order valence-electron chi connectivity index (χ0n) is 11.1. The third-order valence-corrected chi connectivity index (χ3v) is 3.30. The van der Waals surface area contributed by atoms with E-state index in [1.165, 1.54) is 13.8 Å². The number of carbonyl (C=O) groups is 1. The summed E-state index contributed by atoms with van der Waals surface area (Å²) in [5.41, 5.74) is -1.92. The molecule has 1 heterocycles. The second-order valence-corrected chi connectivity index (χ2v) is 4.58. The van der Waals surface area contributed by atoms with Gasteiger partial charge in [-0.15, -0.1) is 0 Å². The van der Waals surface area contributed by atoms with Crippen molar-refractivity contribution in [3.8, 4) is 0 Å². The van der Waals surface area contributed by atoms with E-state index in [4.69, 9.17) is 5.11 Å². The standard InChI is InChI=1S/C12H11N3O6/c1-4-7(15(20)21)3-6-9(8(4)5(2)12(18)19)14-11(17)10(16)13-6/h3,5H,1-2H3,(H,13,16)(H,14,17)(H,18,19). The van der Waals surface area contributed by atoms with Crippen LogP contribution in [-0.4, -0.2) is 26.0 Å². The predicted octanol–water partition coefficient (Wildman–Crippen LogP) is 0.621. The number of nitrogens with zero attached hydrogens (tertiary/aromatic N) is 1. The second-order valence-electron chi connectivity index (χ2n) is 4.58. The lowest BCUT2D eigenvalue weighted by Crippen LogP contribution is -2.29. The number of fused-ring (bicyclic) bond motifs is 1. The van der Waals surface area contributed by atoms with Crippen molar-refractivity contribution < 1.29 is 14.8 Å². The van der Waals surface area contributed by atoms with Crippen molar-refractivity contribution in [3.05, 3.63) is 48.0 Å². The largest absolute Gasteiger partial charge is 0.481 e. The van der Waals surface area contributed by atoms with Gasteiger partial charge in [0.05, 0.1) is 21.9 Å². The van der Waals surface area contributed by atoms with Crippen molar-refractivity contribution in [3.63, 3.8) is 0 Å². The van der Waals surface area contributed by atoms with Gasteiger partial charge in [0.1, 0.15) is 0 Å². The van der Waals surface area contributed by atoms with Crippen LogP contribution in [0.1, 0.15) is 24.0 Å². The summed E-state index contributed by atoms with van der Waals surface area (Å²) in [6.07, 6.45) is 0. The van der Waals surface area contributed by atoms with Gasteiger partial charge in [-0.25, -0.2) is 0 Å². The fourth-order valence-electron chi connectivity index (χ4n) is 2.22. The first-order valence-corrected chi connectivity index (χ1v) is 5.91. The summed E-state index contributed by atoms with van der Waals surface area (Å²) in [5, 5.41) is 20.2. The molecule has 1 unspecified atom stereocenters. The number of hydrogen-bond acceptors (Lipinski definition) is 5. The molecule has 1 aromatic heterocycles. The Morgan fingerprint density at radius 3 is 2.43 bits per heavy atom. The number of aromatic nitrogens is 2. The molecule has 0 bridgehead atoms. The average Bonchev–Trinajstić information content (AvgIpc) is 2.39. The highest BCUT2D eigenvalue weighted by molar-refractivity contribution is 5.89. The molecule has 21 heavy (non-hydrogen) atoms. The van der Waals surface area contributed by atoms with Crippen LogP contribution in [0.25, 0.3) is 11.0 Å². The quantitative estimate of drug-likeness (QED) is 0.429. The zero-order valence-corrected chi connectivity index (χ0v) is 11.1. The van der Waals surface area contributed by atoms with Gasteiger partial charge in [-0.3, -0.25) is 24.5 Å². The summed E-state index contributed by atoms with van der Waals surface area (Å²) in [4.78, 5) is 48.8.